The van der Waals surface area contributed by atoms with Gasteiger partial charge in [0, 0.05) is 29.5 Å². The predicted octanol–water partition coefficient (Wildman–Crippen LogP) is 1.75. The number of hydrogen-bond donors (Lipinski definition) is 0. The van der Waals surface area contributed by atoms with E-state index in [2.05, 4.69) is 14.7 Å². The minimum absolute atomic E-state index is 0.255. The number of rotatable bonds is 4. The first kappa shape index (κ1) is 11.9. The third-order valence-corrected chi connectivity index (χ3v) is 3.01. The van der Waals surface area contributed by atoms with E-state index < -0.39 is 4.11 Å². The first-order valence-electron chi connectivity index (χ1n) is 4.69. The fourth-order valence-corrected chi connectivity index (χ4v) is 1.83. The van der Waals surface area contributed by atoms with Crippen LogP contribution in [0.25, 0.3) is 10.9 Å². The van der Waals surface area contributed by atoms with Crippen LogP contribution in [0.5, 0.6) is 0 Å². The third-order valence-electron chi connectivity index (χ3n) is 2.15. The van der Waals surface area contributed by atoms with Crippen LogP contribution in [-0.4, -0.2) is 26.3 Å². The Balaban J connectivity index is 2.36. The van der Waals surface area contributed by atoms with Gasteiger partial charge in [-0.1, -0.05) is 0 Å². The van der Waals surface area contributed by atoms with E-state index in [1.165, 1.54) is 6.20 Å². The average molecular weight is 342 g/mol. The highest BCUT2D eigenvalue weighted by molar-refractivity contribution is 14.1. The maximum absolute atomic E-state index is 11.8. The number of alkyl halides is 1. The van der Waals surface area contributed by atoms with Crippen LogP contribution in [0, 0.1) is 0 Å². The molecule has 1 unspecified atom stereocenters. The van der Waals surface area contributed by atoms with Crippen molar-refractivity contribution < 1.29 is 14.3 Å². The molecule has 0 aliphatic carbocycles. The van der Waals surface area contributed by atoms with Crippen molar-refractivity contribution in [3.05, 3.63) is 36.3 Å². The van der Waals surface area contributed by atoms with Crippen LogP contribution < -0.4 is 0 Å². The van der Waals surface area contributed by atoms with Crippen molar-refractivity contribution in [1.82, 2.24) is 9.97 Å². The van der Waals surface area contributed by atoms with Gasteiger partial charge in [0.2, 0.25) is 9.89 Å². The summed E-state index contributed by atoms with van der Waals surface area (Å²) < 4.78 is 3.75. The van der Waals surface area contributed by atoms with Gasteiger partial charge in [0.25, 0.3) is 6.47 Å². The zero-order valence-corrected chi connectivity index (χ0v) is 10.7. The summed E-state index contributed by atoms with van der Waals surface area (Å²) in [6.07, 6.45) is 4.72. The molecule has 0 bridgehead atoms. The van der Waals surface area contributed by atoms with Crippen LogP contribution in [0.1, 0.15) is 10.4 Å². The lowest BCUT2D eigenvalue weighted by atomic mass is 10.1. The molecule has 2 aromatic heterocycles. The molecule has 2 aromatic rings. The molecular formula is C11H7IN2O3. The zero-order chi connectivity index (χ0) is 12.3. The lowest BCUT2D eigenvalue weighted by molar-refractivity contribution is -0.128. The van der Waals surface area contributed by atoms with Crippen molar-refractivity contribution in [3.63, 3.8) is 0 Å². The monoisotopic (exact) mass is 342 g/mol. The number of hydrogen-bond acceptors (Lipinski definition) is 5. The number of aromatic nitrogens is 2. The number of nitrogens with zero attached hydrogens (tertiary/aromatic N) is 2. The standard InChI is InChI=1S/C11H7IN2O3/c12-11(17-6-15)10(16)8-3-7-4-13-2-1-9(7)14-5-8/h1-6,11H. The number of ether oxygens (including phenoxy) is 1. The van der Waals surface area contributed by atoms with Crippen molar-refractivity contribution in [2.45, 2.75) is 4.11 Å². The van der Waals surface area contributed by atoms with Gasteiger partial charge in [0.15, 0.2) is 0 Å². The topological polar surface area (TPSA) is 69.2 Å². The van der Waals surface area contributed by atoms with Gasteiger partial charge in [0.05, 0.1) is 5.52 Å². The summed E-state index contributed by atoms with van der Waals surface area (Å²) in [5, 5.41) is 0.771. The maximum Gasteiger partial charge on any atom is 0.294 e. The Morgan fingerprint density at radius 3 is 3.06 bits per heavy atom. The quantitative estimate of drug-likeness (QED) is 0.366. The molecule has 6 heteroatoms. The van der Waals surface area contributed by atoms with Crippen LogP contribution in [-0.2, 0) is 9.53 Å². The highest BCUT2D eigenvalue weighted by Gasteiger charge is 2.18. The number of Topliss-reactive ketones (excluding diaryl/α,β-unsaturated/α-hetero) is 1. The third kappa shape index (κ3) is 2.57. The lowest BCUT2D eigenvalue weighted by Gasteiger charge is -2.06. The molecule has 0 spiro atoms. The molecule has 5 nitrogen and oxygen atoms in total. The fraction of sp³-hybridized carbons (Fsp3) is 0.0909. The molecular weight excluding hydrogens is 335 g/mol. The predicted molar refractivity (Wildman–Crippen MR) is 68.8 cm³/mol. The van der Waals surface area contributed by atoms with Gasteiger partial charge in [-0.05, 0) is 34.7 Å². The molecule has 2 heterocycles. The van der Waals surface area contributed by atoms with Crippen molar-refractivity contribution >= 4 is 45.7 Å². The number of fused-ring (bicyclic) bond motifs is 1. The van der Waals surface area contributed by atoms with E-state index >= 15 is 0 Å². The van der Waals surface area contributed by atoms with Crippen LogP contribution in [0.3, 0.4) is 0 Å². The van der Waals surface area contributed by atoms with Gasteiger partial charge >= 0.3 is 0 Å². The fourth-order valence-electron chi connectivity index (χ4n) is 1.35. The van der Waals surface area contributed by atoms with E-state index in [-0.39, 0.29) is 12.3 Å². The Morgan fingerprint density at radius 2 is 2.29 bits per heavy atom. The summed E-state index contributed by atoms with van der Waals surface area (Å²) in [6.45, 7) is 0.255. The van der Waals surface area contributed by atoms with E-state index in [1.54, 1.807) is 47.1 Å². The molecule has 0 saturated carbocycles. The van der Waals surface area contributed by atoms with Gasteiger partial charge in [-0.3, -0.25) is 19.6 Å². The summed E-state index contributed by atoms with van der Waals surface area (Å²) >= 11 is 1.75. The van der Waals surface area contributed by atoms with E-state index in [0.29, 0.717) is 5.56 Å². The molecule has 0 amide bonds. The lowest BCUT2D eigenvalue weighted by Crippen LogP contribution is -2.17. The largest absolute Gasteiger partial charge is 0.445 e. The molecule has 0 aliphatic heterocycles. The SMILES string of the molecule is O=COC(I)C(=O)c1cnc2ccncc2c1. The van der Waals surface area contributed by atoms with Crippen LogP contribution in [0.4, 0.5) is 0 Å². The van der Waals surface area contributed by atoms with E-state index in [4.69, 9.17) is 0 Å². The number of pyridine rings is 2. The highest BCUT2D eigenvalue weighted by atomic mass is 127. The smallest absolute Gasteiger partial charge is 0.294 e. The van der Waals surface area contributed by atoms with Crippen LogP contribution >= 0.6 is 22.6 Å². The number of halogens is 1. The van der Waals surface area contributed by atoms with E-state index in [1.807, 2.05) is 0 Å². The second kappa shape index (κ2) is 5.17. The molecule has 0 radical (unpaired) electrons. The number of carbonyl (C=O) groups is 2. The average Bonchev–Trinajstić information content (AvgIpc) is 2.37. The number of carbonyl (C=O) groups excluding carboxylic acids is 2. The van der Waals surface area contributed by atoms with Gasteiger partial charge in [-0.2, -0.15) is 0 Å². The molecule has 0 saturated heterocycles. The molecule has 0 aliphatic rings. The first-order chi connectivity index (χ1) is 8.22. The molecule has 0 fully saturated rings. The molecule has 17 heavy (non-hydrogen) atoms. The second-order valence-corrected chi connectivity index (χ2v) is 4.34. The van der Waals surface area contributed by atoms with Crippen molar-refractivity contribution in [3.8, 4) is 0 Å². The Kier molecular flexibility index (Phi) is 3.62. The van der Waals surface area contributed by atoms with Gasteiger partial charge in [-0.25, -0.2) is 0 Å². The minimum atomic E-state index is -0.832. The maximum atomic E-state index is 11.8. The summed E-state index contributed by atoms with van der Waals surface area (Å²) in [4.78, 5) is 30.1. The Bertz CT molecular complexity index is 573. The van der Waals surface area contributed by atoms with Crippen molar-refractivity contribution in [1.29, 1.82) is 0 Å². The van der Waals surface area contributed by atoms with Crippen LogP contribution in [0.2, 0.25) is 0 Å². The Morgan fingerprint density at radius 1 is 1.47 bits per heavy atom. The highest BCUT2D eigenvalue weighted by Crippen LogP contribution is 2.15. The van der Waals surface area contributed by atoms with Crippen molar-refractivity contribution in [2.24, 2.45) is 0 Å². The summed E-state index contributed by atoms with van der Waals surface area (Å²) in [6, 6.07) is 3.44. The van der Waals surface area contributed by atoms with Gasteiger partial charge in [-0.15, -0.1) is 0 Å². The first-order valence-corrected chi connectivity index (χ1v) is 5.94. The summed E-state index contributed by atoms with van der Waals surface area (Å²) in [5.74, 6) is -0.295. The van der Waals surface area contributed by atoms with E-state index in [0.717, 1.165) is 10.9 Å². The molecule has 2 rings (SSSR count). The van der Waals surface area contributed by atoms with Gasteiger partial charge in [0.1, 0.15) is 0 Å². The molecule has 86 valence electrons. The minimum Gasteiger partial charge on any atom is -0.445 e. The summed E-state index contributed by atoms with van der Waals surface area (Å²) in [5.41, 5.74) is 1.16. The number of ketones is 1. The van der Waals surface area contributed by atoms with Crippen molar-refractivity contribution in [2.75, 3.05) is 0 Å². The Labute approximate surface area is 110 Å². The Hall–Kier alpha value is -1.57. The molecule has 1 atom stereocenters. The van der Waals surface area contributed by atoms with E-state index in [9.17, 15) is 9.59 Å². The normalized spacial score (nSPS) is 12.1. The van der Waals surface area contributed by atoms with Crippen LogP contribution in [0.15, 0.2) is 30.7 Å². The molecule has 0 aromatic carbocycles. The summed E-state index contributed by atoms with van der Waals surface area (Å²) in [7, 11) is 0. The second-order valence-electron chi connectivity index (χ2n) is 3.20. The zero-order valence-electron chi connectivity index (χ0n) is 8.54. The molecule has 0 N–H and O–H groups in total. The van der Waals surface area contributed by atoms with Gasteiger partial charge < -0.3 is 4.74 Å².